The number of nitrogens with zero attached hydrogens (tertiary/aromatic N) is 1. The molecule has 2 aromatic rings. The lowest BCUT2D eigenvalue weighted by Crippen LogP contribution is -2.27. The molecule has 2 unspecified atom stereocenters. The summed E-state index contributed by atoms with van der Waals surface area (Å²) in [6.45, 7) is 13.2. The average Bonchev–Trinajstić information content (AvgIpc) is 3.28. The Morgan fingerprint density at radius 1 is 1.19 bits per heavy atom. The van der Waals surface area contributed by atoms with Crippen molar-refractivity contribution in [1.82, 2.24) is 4.90 Å². The van der Waals surface area contributed by atoms with Gasteiger partial charge in [0.1, 0.15) is 0 Å². The summed E-state index contributed by atoms with van der Waals surface area (Å²) >= 11 is 6.04. The van der Waals surface area contributed by atoms with Crippen LogP contribution in [0, 0.1) is 31.2 Å². The van der Waals surface area contributed by atoms with Crippen molar-refractivity contribution < 1.29 is 4.79 Å². The van der Waals surface area contributed by atoms with Crippen LogP contribution in [-0.2, 0) is 0 Å². The highest BCUT2D eigenvalue weighted by molar-refractivity contribution is 6.30. The monoisotopic (exact) mass is 365 g/mol. The van der Waals surface area contributed by atoms with Gasteiger partial charge in [0.05, 0.1) is 0 Å². The molecule has 0 N–H and O–H groups in total. The quantitative estimate of drug-likeness (QED) is 0.588. The molecule has 1 aliphatic rings. The fraction of sp³-hybridized carbons (Fsp3) is 0.304. The first kappa shape index (κ1) is 19.1. The maximum Gasteiger partial charge on any atom is 0.170 e. The normalized spacial score (nSPS) is 24.7. The first-order chi connectivity index (χ1) is 12.5. The highest BCUT2D eigenvalue weighted by atomic mass is 35.5. The Labute approximate surface area is 162 Å². The minimum Gasteiger partial charge on any atom is -0.298 e. The molecule has 1 aliphatic carbocycles. The van der Waals surface area contributed by atoms with E-state index < -0.39 is 5.41 Å². The molecule has 4 radical (unpaired) electrons. The molecular weight excluding hydrogens is 342 g/mol. The fourth-order valence-corrected chi connectivity index (χ4v) is 3.99. The topological polar surface area (TPSA) is 20.3 Å². The first-order valence-corrected chi connectivity index (χ1v) is 9.41. The summed E-state index contributed by atoms with van der Waals surface area (Å²) in [5, 5.41) is 0.706. The maximum absolute atomic E-state index is 13.5. The molecule has 26 heavy (non-hydrogen) atoms. The van der Waals surface area contributed by atoms with Crippen molar-refractivity contribution in [2.45, 2.75) is 19.8 Å². The van der Waals surface area contributed by atoms with E-state index >= 15 is 0 Å². The van der Waals surface area contributed by atoms with E-state index in [4.69, 9.17) is 18.5 Å². The molecule has 3 heteroatoms. The van der Waals surface area contributed by atoms with Gasteiger partial charge in [-0.05, 0) is 43.5 Å². The van der Waals surface area contributed by atoms with E-state index in [9.17, 15) is 4.79 Å². The molecule has 0 amide bonds. The maximum atomic E-state index is 13.5. The third-order valence-corrected chi connectivity index (χ3v) is 5.77. The highest BCUT2D eigenvalue weighted by Crippen LogP contribution is 2.68. The van der Waals surface area contributed by atoms with Gasteiger partial charge in [-0.3, -0.25) is 9.69 Å². The Morgan fingerprint density at radius 2 is 1.85 bits per heavy atom. The van der Waals surface area contributed by atoms with E-state index in [1.807, 2.05) is 66.0 Å². The third-order valence-electron chi connectivity index (χ3n) is 5.52. The van der Waals surface area contributed by atoms with Crippen LogP contribution >= 0.6 is 11.6 Å². The number of hydrogen-bond acceptors (Lipinski definition) is 2. The van der Waals surface area contributed by atoms with Crippen LogP contribution in [0.2, 0.25) is 5.02 Å². The minimum absolute atomic E-state index is 0.139. The van der Waals surface area contributed by atoms with Gasteiger partial charge >= 0.3 is 0 Å². The van der Waals surface area contributed by atoms with Crippen molar-refractivity contribution in [1.29, 1.82) is 0 Å². The van der Waals surface area contributed by atoms with Crippen LogP contribution in [0.3, 0.4) is 0 Å². The van der Waals surface area contributed by atoms with E-state index in [1.165, 1.54) is 0 Å². The highest BCUT2D eigenvalue weighted by Gasteiger charge is 2.66. The Kier molecular flexibility index (Phi) is 5.84. The van der Waals surface area contributed by atoms with Gasteiger partial charge in [0.25, 0.3) is 0 Å². The molecule has 0 aliphatic heterocycles. The van der Waals surface area contributed by atoms with E-state index in [0.717, 1.165) is 17.7 Å². The molecule has 0 spiro atoms. The van der Waals surface area contributed by atoms with Gasteiger partial charge in [0.15, 0.2) is 5.78 Å². The third kappa shape index (κ3) is 3.45. The summed E-state index contributed by atoms with van der Waals surface area (Å²) in [4.78, 5) is 15.5. The minimum atomic E-state index is -0.544. The van der Waals surface area contributed by atoms with Gasteiger partial charge in [0, 0.05) is 35.0 Å². The van der Waals surface area contributed by atoms with Crippen LogP contribution in [0.4, 0.5) is 0 Å². The predicted octanol–water partition coefficient (Wildman–Crippen LogP) is 5.34. The molecule has 0 heterocycles. The van der Waals surface area contributed by atoms with Crippen LogP contribution in [0.1, 0.15) is 35.7 Å². The lowest BCUT2D eigenvalue weighted by Gasteiger charge is -2.22. The Hall–Kier alpha value is -1.64. The molecule has 1 fully saturated rings. The summed E-state index contributed by atoms with van der Waals surface area (Å²) < 4.78 is 0. The zero-order valence-electron chi connectivity index (χ0n) is 15.2. The number of ketones is 1. The van der Waals surface area contributed by atoms with Crippen molar-refractivity contribution in [2.24, 2.45) is 11.3 Å². The second-order valence-corrected chi connectivity index (χ2v) is 7.29. The largest absolute Gasteiger partial charge is 0.298 e. The predicted molar refractivity (Wildman–Crippen MR) is 107 cm³/mol. The second-order valence-electron chi connectivity index (χ2n) is 6.85. The molecule has 1 saturated carbocycles. The molecule has 3 rings (SSSR count). The fourth-order valence-electron chi connectivity index (χ4n) is 3.86. The lowest BCUT2D eigenvalue weighted by atomic mass is 9.86. The van der Waals surface area contributed by atoms with Crippen molar-refractivity contribution in [2.75, 3.05) is 13.1 Å². The molecular formula is C23H24ClNO. The van der Waals surface area contributed by atoms with E-state index in [0.29, 0.717) is 11.6 Å². The summed E-state index contributed by atoms with van der Waals surface area (Å²) in [5.74, 6) is 0.513. The first-order valence-electron chi connectivity index (χ1n) is 9.03. The number of hydrogen-bond donors (Lipinski definition) is 0. The standard InChI is InChI=1S/C23H24ClNO/c1-4-25(5-2)16-15-23(22(26)19-9-7-6-8-10-19)17(3)21(23)18-11-13-20(24)14-12-18/h1,6-17,21H,4-5H2,2-3H3/t17-,21?,23?/m0/s1. The number of carbonyl (C=O) groups excluding carboxylic acids is 1. The van der Waals surface area contributed by atoms with Gasteiger partial charge in [-0.2, -0.15) is 0 Å². The van der Waals surface area contributed by atoms with E-state index in [1.54, 1.807) is 0 Å². The van der Waals surface area contributed by atoms with E-state index in [-0.39, 0.29) is 17.6 Å². The number of benzene rings is 2. The summed E-state index contributed by atoms with van der Waals surface area (Å²) in [5.41, 5.74) is 1.35. The molecule has 2 nitrogen and oxygen atoms in total. The second kappa shape index (κ2) is 7.94. The van der Waals surface area contributed by atoms with Gasteiger partial charge in [0.2, 0.25) is 0 Å². The Balaban J connectivity index is 1.92. The van der Waals surface area contributed by atoms with Crippen molar-refractivity contribution in [3.8, 4) is 0 Å². The lowest BCUT2D eigenvalue weighted by molar-refractivity contribution is 0.0906. The van der Waals surface area contributed by atoms with Crippen LogP contribution in [-0.4, -0.2) is 23.8 Å². The molecule has 3 atom stereocenters. The molecule has 134 valence electrons. The summed E-state index contributed by atoms with van der Waals surface area (Å²) in [6, 6.07) is 17.4. The van der Waals surface area contributed by atoms with Crippen molar-refractivity contribution in [3.05, 3.63) is 90.6 Å². The van der Waals surface area contributed by atoms with Crippen LogP contribution in [0.15, 0.2) is 54.6 Å². The molecule has 0 saturated heterocycles. The SMILES string of the molecule is [CH]CN([CH][CH]C1(C(=O)c2ccccc2)C(c2ccc(Cl)cc2)[C@@H]1C)CC. The summed E-state index contributed by atoms with van der Waals surface area (Å²) in [6.07, 6.45) is 2.06. The number of carbonyl (C=O) groups is 1. The van der Waals surface area contributed by atoms with Crippen molar-refractivity contribution >= 4 is 17.4 Å². The zero-order valence-corrected chi connectivity index (χ0v) is 16.0. The van der Waals surface area contributed by atoms with Gasteiger partial charge < -0.3 is 0 Å². The number of Topliss-reactive ketones (excluding diaryl/α,β-unsaturated/α-hetero) is 1. The average molecular weight is 366 g/mol. The van der Waals surface area contributed by atoms with Gasteiger partial charge in [-0.15, -0.1) is 0 Å². The number of halogens is 1. The van der Waals surface area contributed by atoms with Crippen LogP contribution in [0.5, 0.6) is 0 Å². The zero-order chi connectivity index (χ0) is 18.7. The Morgan fingerprint density at radius 3 is 2.42 bits per heavy atom. The molecule has 0 aromatic heterocycles. The van der Waals surface area contributed by atoms with Gasteiger partial charge in [-0.1, -0.05) is 67.9 Å². The van der Waals surface area contributed by atoms with Crippen LogP contribution < -0.4 is 0 Å². The van der Waals surface area contributed by atoms with E-state index in [2.05, 4.69) is 20.3 Å². The Bertz CT molecular complexity index is 739. The summed E-state index contributed by atoms with van der Waals surface area (Å²) in [7, 11) is 0. The smallest absolute Gasteiger partial charge is 0.170 e. The van der Waals surface area contributed by atoms with Gasteiger partial charge in [-0.25, -0.2) is 0 Å². The van der Waals surface area contributed by atoms with Crippen molar-refractivity contribution in [3.63, 3.8) is 0 Å². The molecule has 0 bridgehead atoms. The van der Waals surface area contributed by atoms with Crippen LogP contribution in [0.25, 0.3) is 0 Å². The number of rotatable bonds is 8. The molecule has 2 aromatic carbocycles.